The van der Waals surface area contributed by atoms with E-state index in [1.807, 2.05) is 16.8 Å². The van der Waals surface area contributed by atoms with Gasteiger partial charge in [-0.15, -0.1) is 11.3 Å². The lowest BCUT2D eigenvalue weighted by Gasteiger charge is -2.35. The van der Waals surface area contributed by atoms with E-state index in [0.29, 0.717) is 19.6 Å². The Kier molecular flexibility index (Phi) is 7.57. The Hall–Kier alpha value is -1.79. The summed E-state index contributed by atoms with van der Waals surface area (Å²) < 4.78 is 13.3. The van der Waals surface area contributed by atoms with Crippen molar-refractivity contribution < 1.29 is 9.18 Å². The Labute approximate surface area is 171 Å². The average Bonchev–Trinajstić information content (AvgIpc) is 3.15. The van der Waals surface area contributed by atoms with Gasteiger partial charge in [0.1, 0.15) is 5.82 Å². The maximum atomic E-state index is 13.3. The lowest BCUT2D eigenvalue weighted by Crippen LogP contribution is -2.45. The van der Waals surface area contributed by atoms with E-state index < -0.39 is 0 Å². The van der Waals surface area contributed by atoms with Crippen molar-refractivity contribution in [3.8, 4) is 0 Å². The number of halogens is 1. The van der Waals surface area contributed by atoms with E-state index in [1.165, 1.54) is 31.4 Å². The zero-order valence-corrected chi connectivity index (χ0v) is 17.7. The number of hydrogen-bond donors (Lipinski definition) is 0. The number of hydrogen-bond acceptors (Lipinski definition) is 4. The van der Waals surface area contributed by atoms with Crippen molar-refractivity contribution in [1.82, 2.24) is 14.8 Å². The highest BCUT2D eigenvalue weighted by molar-refractivity contribution is 7.09. The summed E-state index contributed by atoms with van der Waals surface area (Å²) in [6, 6.07) is 6.79. The van der Waals surface area contributed by atoms with Crippen molar-refractivity contribution in [1.29, 1.82) is 0 Å². The Balaban J connectivity index is 1.65. The molecule has 0 aliphatic heterocycles. The predicted octanol–water partition coefficient (Wildman–Crippen LogP) is 4.64. The second-order valence-corrected chi connectivity index (χ2v) is 8.64. The van der Waals surface area contributed by atoms with Gasteiger partial charge in [-0.1, -0.05) is 38.3 Å². The molecule has 0 saturated heterocycles. The molecule has 1 amide bonds. The minimum Gasteiger partial charge on any atom is -0.334 e. The number of nitrogens with zero attached hydrogens (tertiary/aromatic N) is 3. The van der Waals surface area contributed by atoms with Gasteiger partial charge in [0.25, 0.3) is 0 Å². The lowest BCUT2D eigenvalue weighted by molar-refractivity contribution is -0.136. The topological polar surface area (TPSA) is 36.4 Å². The molecule has 1 fully saturated rings. The standard InChI is InChI=1S/C22H30FN3OS/c1-3-21-24-19(16-28-21)14-25(2)15-22(27)26(20-7-5-4-6-8-20)13-17-9-11-18(23)12-10-17/h9-12,16,20H,3-8,13-15H2,1-2H3. The highest BCUT2D eigenvalue weighted by Crippen LogP contribution is 2.24. The molecule has 3 rings (SSSR count). The summed E-state index contributed by atoms with van der Waals surface area (Å²) in [4.78, 5) is 21.8. The maximum absolute atomic E-state index is 13.3. The molecule has 0 bridgehead atoms. The molecular formula is C22H30FN3OS. The van der Waals surface area contributed by atoms with Crippen molar-refractivity contribution in [2.45, 2.75) is 64.6 Å². The molecule has 4 nitrogen and oxygen atoms in total. The number of rotatable bonds is 8. The number of likely N-dealkylation sites (N-methyl/N-ethyl adjacent to an activating group) is 1. The van der Waals surface area contributed by atoms with E-state index in [0.717, 1.165) is 35.5 Å². The van der Waals surface area contributed by atoms with E-state index in [2.05, 4.69) is 17.3 Å². The average molecular weight is 404 g/mol. The van der Waals surface area contributed by atoms with Gasteiger partial charge in [-0.05, 0) is 44.0 Å². The van der Waals surface area contributed by atoms with Crippen molar-refractivity contribution >= 4 is 17.2 Å². The minimum atomic E-state index is -0.242. The van der Waals surface area contributed by atoms with Crippen LogP contribution in [0.4, 0.5) is 4.39 Å². The third kappa shape index (κ3) is 5.85. The molecule has 1 saturated carbocycles. The summed E-state index contributed by atoms with van der Waals surface area (Å²) in [7, 11) is 1.97. The summed E-state index contributed by atoms with van der Waals surface area (Å²) in [5.74, 6) is -0.0987. The highest BCUT2D eigenvalue weighted by atomic mass is 32.1. The Morgan fingerprint density at radius 1 is 1.18 bits per heavy atom. The fourth-order valence-corrected chi connectivity index (χ4v) is 4.57. The van der Waals surface area contributed by atoms with E-state index in [9.17, 15) is 9.18 Å². The molecule has 1 aliphatic rings. The Morgan fingerprint density at radius 3 is 2.54 bits per heavy atom. The van der Waals surface area contributed by atoms with Gasteiger partial charge in [-0.25, -0.2) is 9.37 Å². The SMILES string of the molecule is CCc1nc(CN(C)CC(=O)N(Cc2ccc(F)cc2)C2CCCCC2)cs1. The first-order chi connectivity index (χ1) is 13.5. The molecule has 28 heavy (non-hydrogen) atoms. The van der Waals surface area contributed by atoms with Crippen LogP contribution >= 0.6 is 11.3 Å². The molecule has 1 heterocycles. The molecule has 6 heteroatoms. The molecule has 0 radical (unpaired) electrons. The molecule has 1 aromatic heterocycles. The monoisotopic (exact) mass is 403 g/mol. The van der Waals surface area contributed by atoms with E-state index in [-0.39, 0.29) is 17.8 Å². The maximum Gasteiger partial charge on any atom is 0.237 e. The summed E-state index contributed by atoms with van der Waals surface area (Å²) in [5, 5.41) is 3.21. The van der Waals surface area contributed by atoms with Gasteiger partial charge in [-0.2, -0.15) is 0 Å². The highest BCUT2D eigenvalue weighted by Gasteiger charge is 2.26. The third-order valence-corrected chi connectivity index (χ3v) is 6.38. The van der Waals surface area contributed by atoms with E-state index >= 15 is 0 Å². The van der Waals surface area contributed by atoms with Crippen molar-refractivity contribution in [2.24, 2.45) is 0 Å². The summed E-state index contributed by atoms with van der Waals surface area (Å²) in [6.45, 7) is 3.70. The Bertz CT molecular complexity index is 755. The molecule has 0 atom stereocenters. The number of aromatic nitrogens is 1. The molecule has 2 aromatic rings. The molecule has 1 aromatic carbocycles. The zero-order valence-electron chi connectivity index (χ0n) is 16.9. The summed E-state index contributed by atoms with van der Waals surface area (Å²) >= 11 is 1.68. The van der Waals surface area contributed by atoms with Crippen LogP contribution in [0.15, 0.2) is 29.6 Å². The molecular weight excluding hydrogens is 373 g/mol. The molecule has 1 aliphatic carbocycles. The van der Waals surface area contributed by atoms with Crippen LogP contribution in [0, 0.1) is 5.82 Å². The number of aryl methyl sites for hydroxylation is 1. The first kappa shape index (κ1) is 20.9. The number of benzene rings is 1. The largest absolute Gasteiger partial charge is 0.334 e. The third-order valence-electron chi connectivity index (χ3n) is 5.34. The fraction of sp³-hybridized carbons (Fsp3) is 0.545. The smallest absolute Gasteiger partial charge is 0.237 e. The quantitative estimate of drug-likeness (QED) is 0.644. The van der Waals surface area contributed by atoms with Crippen LogP contribution in [0.5, 0.6) is 0 Å². The summed E-state index contributed by atoms with van der Waals surface area (Å²) in [6.07, 6.45) is 6.66. The van der Waals surface area contributed by atoms with Crippen LogP contribution in [0.25, 0.3) is 0 Å². The van der Waals surface area contributed by atoms with Crippen LogP contribution in [0.2, 0.25) is 0 Å². The van der Waals surface area contributed by atoms with Gasteiger partial charge in [0.2, 0.25) is 5.91 Å². The molecule has 0 unspecified atom stereocenters. The van der Waals surface area contributed by atoms with Crippen molar-refractivity contribution in [3.05, 3.63) is 51.7 Å². The van der Waals surface area contributed by atoms with Crippen LogP contribution in [0.1, 0.15) is 55.3 Å². The van der Waals surface area contributed by atoms with Crippen LogP contribution in [-0.4, -0.2) is 40.3 Å². The molecule has 0 spiro atoms. The van der Waals surface area contributed by atoms with Crippen molar-refractivity contribution in [3.63, 3.8) is 0 Å². The predicted molar refractivity (Wildman–Crippen MR) is 112 cm³/mol. The second kappa shape index (κ2) is 10.1. The first-order valence-corrected chi connectivity index (χ1v) is 11.1. The van der Waals surface area contributed by atoms with Crippen LogP contribution in [-0.2, 0) is 24.3 Å². The van der Waals surface area contributed by atoms with Gasteiger partial charge < -0.3 is 4.90 Å². The Morgan fingerprint density at radius 2 is 1.89 bits per heavy atom. The van der Waals surface area contributed by atoms with E-state index in [4.69, 9.17) is 0 Å². The van der Waals surface area contributed by atoms with Crippen molar-refractivity contribution in [2.75, 3.05) is 13.6 Å². The molecule has 152 valence electrons. The van der Waals surface area contributed by atoms with Crippen LogP contribution in [0.3, 0.4) is 0 Å². The van der Waals surface area contributed by atoms with Crippen LogP contribution < -0.4 is 0 Å². The number of thiazole rings is 1. The number of carbonyl (C=O) groups is 1. The fourth-order valence-electron chi connectivity index (χ4n) is 3.84. The van der Waals surface area contributed by atoms with Gasteiger partial charge in [0, 0.05) is 24.5 Å². The zero-order chi connectivity index (χ0) is 19.9. The lowest BCUT2D eigenvalue weighted by atomic mass is 9.93. The number of amides is 1. The molecule has 0 N–H and O–H groups in total. The minimum absolute atomic E-state index is 0.143. The number of carbonyl (C=O) groups excluding carboxylic acids is 1. The van der Waals surface area contributed by atoms with Gasteiger partial charge in [-0.3, -0.25) is 9.69 Å². The van der Waals surface area contributed by atoms with Gasteiger partial charge >= 0.3 is 0 Å². The first-order valence-electron chi connectivity index (χ1n) is 10.2. The normalized spacial score (nSPS) is 15.1. The van der Waals surface area contributed by atoms with E-state index in [1.54, 1.807) is 23.5 Å². The van der Waals surface area contributed by atoms with Gasteiger partial charge in [0.05, 0.1) is 17.2 Å². The van der Waals surface area contributed by atoms with Gasteiger partial charge in [0.15, 0.2) is 0 Å². The summed E-state index contributed by atoms with van der Waals surface area (Å²) in [5.41, 5.74) is 2.01. The second-order valence-electron chi connectivity index (χ2n) is 7.70.